The van der Waals surface area contributed by atoms with Gasteiger partial charge in [0.25, 0.3) is 0 Å². The number of carbonyl (C=O) groups excluding carboxylic acids is 2. The molecule has 2 saturated heterocycles. The first-order chi connectivity index (χ1) is 8.62. The Labute approximate surface area is 108 Å². The molecule has 1 saturated carbocycles. The van der Waals surface area contributed by atoms with E-state index in [1.54, 1.807) is 4.90 Å². The SMILES string of the molecule is CC1(N2CC(=O)N3CCCC3C2=O)CCCCC1. The number of nitrogens with zero attached hydrogens (tertiary/aromatic N) is 2. The standard InChI is InChI=1S/C14H22N2O2/c1-14(7-3-2-4-8-14)16-10-12(17)15-9-5-6-11(15)13(16)18/h11H,2-10H2,1H3. The molecule has 0 bridgehead atoms. The van der Waals surface area contributed by atoms with Gasteiger partial charge in [-0.05, 0) is 32.6 Å². The molecule has 3 aliphatic rings. The van der Waals surface area contributed by atoms with Gasteiger partial charge in [-0.15, -0.1) is 0 Å². The van der Waals surface area contributed by atoms with Gasteiger partial charge in [-0.1, -0.05) is 19.3 Å². The molecule has 2 amide bonds. The highest BCUT2D eigenvalue weighted by atomic mass is 16.2. The molecule has 4 nitrogen and oxygen atoms in total. The molecule has 2 heterocycles. The average Bonchev–Trinajstić information content (AvgIpc) is 2.84. The Kier molecular flexibility index (Phi) is 2.83. The second-order valence-electron chi connectivity index (χ2n) is 6.23. The molecule has 4 heteroatoms. The third-order valence-corrected chi connectivity index (χ3v) is 5.00. The van der Waals surface area contributed by atoms with Crippen LogP contribution in [0.1, 0.15) is 51.9 Å². The molecule has 1 unspecified atom stereocenters. The minimum atomic E-state index is -0.148. The van der Waals surface area contributed by atoms with Crippen LogP contribution in [0.3, 0.4) is 0 Å². The Bertz CT molecular complexity index is 374. The summed E-state index contributed by atoms with van der Waals surface area (Å²) in [5, 5.41) is 0. The number of rotatable bonds is 1. The lowest BCUT2D eigenvalue weighted by molar-refractivity contribution is -0.160. The summed E-state index contributed by atoms with van der Waals surface area (Å²) in [5.74, 6) is 0.361. The van der Waals surface area contributed by atoms with Crippen molar-refractivity contribution in [1.29, 1.82) is 0 Å². The number of hydrogen-bond acceptors (Lipinski definition) is 2. The Morgan fingerprint density at radius 1 is 1.11 bits per heavy atom. The smallest absolute Gasteiger partial charge is 0.246 e. The van der Waals surface area contributed by atoms with E-state index in [-0.39, 0.29) is 23.4 Å². The number of piperazine rings is 1. The quantitative estimate of drug-likeness (QED) is 0.708. The lowest BCUT2D eigenvalue weighted by atomic mass is 9.81. The lowest BCUT2D eigenvalue weighted by Gasteiger charge is -2.48. The normalized spacial score (nSPS) is 31.7. The zero-order valence-electron chi connectivity index (χ0n) is 11.2. The molecule has 18 heavy (non-hydrogen) atoms. The van der Waals surface area contributed by atoms with Crippen LogP contribution in [-0.4, -0.2) is 46.3 Å². The van der Waals surface area contributed by atoms with Crippen molar-refractivity contribution in [3.63, 3.8) is 0 Å². The second kappa shape index (κ2) is 4.25. The number of carbonyl (C=O) groups is 2. The van der Waals surface area contributed by atoms with Gasteiger partial charge in [0.15, 0.2) is 0 Å². The van der Waals surface area contributed by atoms with Crippen molar-refractivity contribution in [3.05, 3.63) is 0 Å². The van der Waals surface area contributed by atoms with E-state index in [4.69, 9.17) is 0 Å². The van der Waals surface area contributed by atoms with Gasteiger partial charge in [0.05, 0.1) is 0 Å². The summed E-state index contributed by atoms with van der Waals surface area (Å²) in [7, 11) is 0. The van der Waals surface area contributed by atoms with E-state index >= 15 is 0 Å². The summed E-state index contributed by atoms with van der Waals surface area (Å²) in [6.45, 7) is 3.26. The molecule has 0 N–H and O–H groups in total. The molecule has 0 spiro atoms. The van der Waals surface area contributed by atoms with Gasteiger partial charge in [0.1, 0.15) is 12.6 Å². The Morgan fingerprint density at radius 2 is 1.83 bits per heavy atom. The minimum absolute atomic E-state index is 0.0698. The maximum Gasteiger partial charge on any atom is 0.246 e. The third kappa shape index (κ3) is 1.73. The van der Waals surface area contributed by atoms with Crippen LogP contribution in [0.5, 0.6) is 0 Å². The molecular formula is C14H22N2O2. The van der Waals surface area contributed by atoms with Gasteiger partial charge < -0.3 is 9.80 Å². The summed E-state index contributed by atoms with van der Waals surface area (Å²) >= 11 is 0. The van der Waals surface area contributed by atoms with Crippen molar-refractivity contribution < 1.29 is 9.59 Å². The summed E-state index contributed by atoms with van der Waals surface area (Å²) in [5.41, 5.74) is -0.0698. The van der Waals surface area contributed by atoms with Gasteiger partial charge in [0.2, 0.25) is 11.8 Å². The predicted molar refractivity (Wildman–Crippen MR) is 67.9 cm³/mol. The van der Waals surface area contributed by atoms with Gasteiger partial charge >= 0.3 is 0 Å². The summed E-state index contributed by atoms with van der Waals surface area (Å²) in [6, 6.07) is -0.148. The van der Waals surface area contributed by atoms with E-state index in [0.717, 1.165) is 32.2 Å². The molecule has 100 valence electrons. The van der Waals surface area contributed by atoms with Gasteiger partial charge in [-0.3, -0.25) is 9.59 Å². The summed E-state index contributed by atoms with van der Waals surface area (Å²) < 4.78 is 0. The van der Waals surface area contributed by atoms with E-state index in [0.29, 0.717) is 6.54 Å². The molecular weight excluding hydrogens is 228 g/mol. The largest absolute Gasteiger partial charge is 0.329 e. The molecule has 0 aromatic carbocycles. The van der Waals surface area contributed by atoms with Crippen LogP contribution in [0.4, 0.5) is 0 Å². The van der Waals surface area contributed by atoms with E-state index in [2.05, 4.69) is 6.92 Å². The number of fused-ring (bicyclic) bond motifs is 1. The third-order valence-electron chi connectivity index (χ3n) is 5.00. The highest BCUT2D eigenvalue weighted by molar-refractivity contribution is 5.95. The average molecular weight is 250 g/mol. The number of amides is 2. The molecule has 3 fully saturated rings. The first-order valence-corrected chi connectivity index (χ1v) is 7.23. The fourth-order valence-corrected chi connectivity index (χ4v) is 3.85. The second-order valence-corrected chi connectivity index (χ2v) is 6.23. The van der Waals surface area contributed by atoms with Crippen molar-refractivity contribution in [2.75, 3.05) is 13.1 Å². The zero-order chi connectivity index (χ0) is 12.8. The molecule has 0 radical (unpaired) electrons. The summed E-state index contributed by atoms with van der Waals surface area (Å²) in [6.07, 6.45) is 7.58. The zero-order valence-corrected chi connectivity index (χ0v) is 11.2. The highest BCUT2D eigenvalue weighted by Crippen LogP contribution is 2.36. The van der Waals surface area contributed by atoms with E-state index in [1.807, 2.05) is 4.90 Å². The molecule has 1 atom stereocenters. The maximum atomic E-state index is 12.6. The van der Waals surface area contributed by atoms with Crippen LogP contribution in [0, 0.1) is 0 Å². The van der Waals surface area contributed by atoms with Crippen LogP contribution in [0.15, 0.2) is 0 Å². The topological polar surface area (TPSA) is 40.6 Å². The molecule has 1 aliphatic carbocycles. The first-order valence-electron chi connectivity index (χ1n) is 7.23. The fourth-order valence-electron chi connectivity index (χ4n) is 3.85. The van der Waals surface area contributed by atoms with Crippen molar-refractivity contribution >= 4 is 11.8 Å². The maximum absolute atomic E-state index is 12.6. The van der Waals surface area contributed by atoms with Crippen LogP contribution in [0.2, 0.25) is 0 Å². The van der Waals surface area contributed by atoms with E-state index < -0.39 is 0 Å². The highest BCUT2D eigenvalue weighted by Gasteiger charge is 2.47. The van der Waals surface area contributed by atoms with Gasteiger partial charge in [-0.2, -0.15) is 0 Å². The van der Waals surface area contributed by atoms with Crippen LogP contribution < -0.4 is 0 Å². The Balaban J connectivity index is 1.84. The van der Waals surface area contributed by atoms with Gasteiger partial charge in [0, 0.05) is 12.1 Å². The summed E-state index contributed by atoms with van der Waals surface area (Å²) in [4.78, 5) is 28.4. The monoisotopic (exact) mass is 250 g/mol. The molecule has 0 aromatic heterocycles. The minimum Gasteiger partial charge on any atom is -0.329 e. The predicted octanol–water partition coefficient (Wildman–Crippen LogP) is 1.54. The number of hydrogen-bond donors (Lipinski definition) is 0. The Hall–Kier alpha value is -1.06. The van der Waals surface area contributed by atoms with Crippen molar-refractivity contribution in [2.24, 2.45) is 0 Å². The fraction of sp³-hybridized carbons (Fsp3) is 0.857. The van der Waals surface area contributed by atoms with E-state index in [1.165, 1.54) is 19.3 Å². The Morgan fingerprint density at radius 3 is 2.56 bits per heavy atom. The van der Waals surface area contributed by atoms with Crippen molar-refractivity contribution in [2.45, 2.75) is 63.5 Å². The lowest BCUT2D eigenvalue weighted by Crippen LogP contribution is -2.64. The van der Waals surface area contributed by atoms with E-state index in [9.17, 15) is 9.59 Å². The van der Waals surface area contributed by atoms with Gasteiger partial charge in [-0.25, -0.2) is 0 Å². The first kappa shape index (κ1) is 12.0. The van der Waals surface area contributed by atoms with Crippen molar-refractivity contribution in [3.8, 4) is 0 Å². The molecule has 3 rings (SSSR count). The van der Waals surface area contributed by atoms with Crippen LogP contribution in [0.25, 0.3) is 0 Å². The van der Waals surface area contributed by atoms with Crippen LogP contribution in [-0.2, 0) is 9.59 Å². The molecule has 2 aliphatic heterocycles. The van der Waals surface area contributed by atoms with Crippen LogP contribution >= 0.6 is 0 Å². The van der Waals surface area contributed by atoms with Crippen molar-refractivity contribution in [1.82, 2.24) is 9.80 Å². The molecule has 0 aromatic rings.